The van der Waals surface area contributed by atoms with Gasteiger partial charge >= 0.3 is 0 Å². The summed E-state index contributed by atoms with van der Waals surface area (Å²) < 4.78 is 0. The lowest BCUT2D eigenvalue weighted by molar-refractivity contribution is 0.00461. The first kappa shape index (κ1) is 9.92. The largest absolute Gasteiger partial charge is 0.396 e. The van der Waals surface area contributed by atoms with Crippen LogP contribution in [0.25, 0.3) is 0 Å². The van der Waals surface area contributed by atoms with Crippen LogP contribution in [-0.2, 0) is 0 Å². The van der Waals surface area contributed by atoms with Gasteiger partial charge in [0.05, 0.1) is 5.60 Å². The van der Waals surface area contributed by atoms with E-state index in [-0.39, 0.29) is 12.5 Å². The van der Waals surface area contributed by atoms with Gasteiger partial charge in [-0.2, -0.15) is 0 Å². The summed E-state index contributed by atoms with van der Waals surface area (Å²) in [6.45, 7) is 5.77. The van der Waals surface area contributed by atoms with Crippen molar-refractivity contribution in [2.24, 2.45) is 5.92 Å². The molecule has 0 saturated heterocycles. The van der Waals surface area contributed by atoms with Crippen LogP contribution in [0.2, 0.25) is 0 Å². The molecule has 2 heteroatoms. The van der Waals surface area contributed by atoms with Gasteiger partial charge in [0.15, 0.2) is 0 Å². The molecule has 0 bridgehead atoms. The van der Waals surface area contributed by atoms with Gasteiger partial charge in [-0.1, -0.05) is 13.3 Å². The molecule has 1 unspecified atom stereocenters. The molecule has 0 radical (unpaired) electrons. The van der Waals surface area contributed by atoms with Crippen LogP contribution in [0.4, 0.5) is 0 Å². The van der Waals surface area contributed by atoms with Gasteiger partial charge in [0, 0.05) is 6.61 Å². The van der Waals surface area contributed by atoms with Crippen molar-refractivity contribution < 1.29 is 10.2 Å². The van der Waals surface area contributed by atoms with Crippen molar-refractivity contribution in [3.05, 3.63) is 0 Å². The zero-order valence-electron chi connectivity index (χ0n) is 7.09. The van der Waals surface area contributed by atoms with E-state index in [1.165, 1.54) is 0 Å². The molecular weight excluding hydrogens is 128 g/mol. The molecule has 0 spiro atoms. The summed E-state index contributed by atoms with van der Waals surface area (Å²) in [4.78, 5) is 0. The zero-order valence-corrected chi connectivity index (χ0v) is 7.09. The van der Waals surface area contributed by atoms with E-state index in [9.17, 15) is 5.11 Å². The van der Waals surface area contributed by atoms with E-state index in [1.54, 1.807) is 13.8 Å². The minimum absolute atomic E-state index is 0.169. The molecule has 0 aromatic heterocycles. The average molecular weight is 146 g/mol. The van der Waals surface area contributed by atoms with Crippen molar-refractivity contribution >= 4 is 0 Å². The van der Waals surface area contributed by atoms with Crippen molar-refractivity contribution in [3.8, 4) is 0 Å². The SMILES string of the molecule is CCC(CCO)C(C)(C)O. The zero-order chi connectivity index (χ0) is 8.20. The van der Waals surface area contributed by atoms with Crippen molar-refractivity contribution in [3.63, 3.8) is 0 Å². The maximum absolute atomic E-state index is 9.50. The Morgan fingerprint density at radius 2 is 1.90 bits per heavy atom. The summed E-state index contributed by atoms with van der Waals surface area (Å²) in [6, 6.07) is 0. The molecule has 0 aliphatic rings. The van der Waals surface area contributed by atoms with Gasteiger partial charge in [-0.05, 0) is 26.2 Å². The van der Waals surface area contributed by atoms with E-state index in [4.69, 9.17) is 5.11 Å². The van der Waals surface area contributed by atoms with Crippen molar-refractivity contribution in [1.29, 1.82) is 0 Å². The Labute approximate surface area is 62.9 Å². The van der Waals surface area contributed by atoms with E-state index in [2.05, 4.69) is 0 Å². The maximum Gasteiger partial charge on any atom is 0.0620 e. The summed E-state index contributed by atoms with van der Waals surface area (Å²) in [5.41, 5.74) is -0.641. The molecule has 0 aliphatic heterocycles. The average Bonchev–Trinajstić information content (AvgIpc) is 1.80. The van der Waals surface area contributed by atoms with Gasteiger partial charge in [-0.25, -0.2) is 0 Å². The van der Waals surface area contributed by atoms with Gasteiger partial charge in [0.2, 0.25) is 0 Å². The van der Waals surface area contributed by atoms with Crippen LogP contribution in [0.15, 0.2) is 0 Å². The number of aliphatic hydroxyl groups excluding tert-OH is 1. The van der Waals surface area contributed by atoms with Gasteiger partial charge in [0.25, 0.3) is 0 Å². The van der Waals surface area contributed by atoms with E-state index >= 15 is 0 Å². The highest BCUT2D eigenvalue weighted by Gasteiger charge is 2.23. The monoisotopic (exact) mass is 146 g/mol. The van der Waals surface area contributed by atoms with Crippen LogP contribution >= 0.6 is 0 Å². The number of rotatable bonds is 4. The maximum atomic E-state index is 9.50. The number of hydrogen-bond donors (Lipinski definition) is 2. The Hall–Kier alpha value is -0.0800. The second-order valence-electron chi connectivity index (χ2n) is 3.27. The molecule has 0 saturated carbocycles. The molecule has 62 valence electrons. The summed E-state index contributed by atoms with van der Waals surface area (Å²) in [5, 5.41) is 18.1. The molecule has 0 heterocycles. The fraction of sp³-hybridized carbons (Fsp3) is 1.00. The Morgan fingerprint density at radius 3 is 2.00 bits per heavy atom. The number of aliphatic hydroxyl groups is 2. The van der Waals surface area contributed by atoms with Crippen LogP contribution < -0.4 is 0 Å². The lowest BCUT2D eigenvalue weighted by Gasteiger charge is -2.27. The minimum Gasteiger partial charge on any atom is -0.396 e. The Balaban J connectivity index is 3.81. The Bertz CT molecular complexity index is 83.7. The van der Waals surface area contributed by atoms with Gasteiger partial charge in [-0.3, -0.25) is 0 Å². The predicted molar refractivity (Wildman–Crippen MR) is 41.8 cm³/mol. The van der Waals surface area contributed by atoms with Crippen LogP contribution in [0.1, 0.15) is 33.6 Å². The third-order valence-corrected chi connectivity index (χ3v) is 1.97. The van der Waals surface area contributed by atoms with E-state index < -0.39 is 5.60 Å². The van der Waals surface area contributed by atoms with Crippen molar-refractivity contribution in [2.45, 2.75) is 39.2 Å². The van der Waals surface area contributed by atoms with E-state index in [0.29, 0.717) is 6.42 Å². The highest BCUT2D eigenvalue weighted by molar-refractivity contribution is 4.75. The molecule has 0 aliphatic carbocycles. The van der Waals surface area contributed by atoms with Crippen LogP contribution in [0, 0.1) is 5.92 Å². The van der Waals surface area contributed by atoms with Gasteiger partial charge in [0.1, 0.15) is 0 Å². The molecule has 10 heavy (non-hydrogen) atoms. The molecule has 2 N–H and O–H groups in total. The normalized spacial score (nSPS) is 15.3. The van der Waals surface area contributed by atoms with E-state index in [1.807, 2.05) is 6.92 Å². The Morgan fingerprint density at radius 1 is 1.40 bits per heavy atom. The van der Waals surface area contributed by atoms with Crippen LogP contribution in [-0.4, -0.2) is 22.4 Å². The lowest BCUT2D eigenvalue weighted by Crippen LogP contribution is -2.30. The van der Waals surface area contributed by atoms with Gasteiger partial charge < -0.3 is 10.2 Å². The number of hydrogen-bond acceptors (Lipinski definition) is 2. The minimum atomic E-state index is -0.641. The molecule has 2 nitrogen and oxygen atoms in total. The predicted octanol–water partition coefficient (Wildman–Crippen LogP) is 1.17. The second kappa shape index (κ2) is 3.94. The molecular formula is C8H18O2. The van der Waals surface area contributed by atoms with Crippen molar-refractivity contribution in [2.75, 3.05) is 6.61 Å². The molecule has 1 atom stereocenters. The molecule has 0 rings (SSSR count). The summed E-state index contributed by atoms with van der Waals surface area (Å²) in [6.07, 6.45) is 1.62. The highest BCUT2D eigenvalue weighted by Crippen LogP contribution is 2.22. The quantitative estimate of drug-likeness (QED) is 0.625. The highest BCUT2D eigenvalue weighted by atomic mass is 16.3. The van der Waals surface area contributed by atoms with Crippen molar-refractivity contribution in [1.82, 2.24) is 0 Å². The van der Waals surface area contributed by atoms with Crippen LogP contribution in [0.3, 0.4) is 0 Å². The van der Waals surface area contributed by atoms with Crippen LogP contribution in [0.5, 0.6) is 0 Å². The third-order valence-electron chi connectivity index (χ3n) is 1.97. The standard InChI is InChI=1S/C8H18O2/c1-4-7(5-6-9)8(2,3)10/h7,9-10H,4-6H2,1-3H3. The first-order valence-electron chi connectivity index (χ1n) is 3.85. The molecule has 0 aromatic rings. The van der Waals surface area contributed by atoms with Gasteiger partial charge in [-0.15, -0.1) is 0 Å². The summed E-state index contributed by atoms with van der Waals surface area (Å²) in [5.74, 6) is 0.220. The first-order valence-corrected chi connectivity index (χ1v) is 3.85. The van der Waals surface area contributed by atoms with E-state index in [0.717, 1.165) is 6.42 Å². The smallest absolute Gasteiger partial charge is 0.0620 e. The lowest BCUT2D eigenvalue weighted by atomic mass is 9.86. The molecule has 0 fully saturated rings. The fourth-order valence-electron chi connectivity index (χ4n) is 1.21. The summed E-state index contributed by atoms with van der Waals surface area (Å²) in [7, 11) is 0. The second-order valence-corrected chi connectivity index (χ2v) is 3.27. The molecule has 0 amide bonds. The fourth-order valence-corrected chi connectivity index (χ4v) is 1.21. The Kier molecular flexibility index (Phi) is 3.91. The summed E-state index contributed by atoms with van der Waals surface area (Å²) >= 11 is 0. The third kappa shape index (κ3) is 3.18. The first-order chi connectivity index (χ1) is 4.52. The molecule has 0 aromatic carbocycles. The topological polar surface area (TPSA) is 40.5 Å².